The van der Waals surface area contributed by atoms with Gasteiger partial charge in [-0.05, 0) is 70.8 Å². The van der Waals surface area contributed by atoms with Crippen LogP contribution < -0.4 is 5.73 Å². The molecule has 8 N–H and O–H groups in total. The van der Waals surface area contributed by atoms with E-state index >= 15 is 0 Å². The van der Waals surface area contributed by atoms with Crippen LogP contribution in [0.25, 0.3) is 32.3 Å². The molecule has 56 heavy (non-hydrogen) atoms. The van der Waals surface area contributed by atoms with Gasteiger partial charge in [0.2, 0.25) is 0 Å². The van der Waals surface area contributed by atoms with Gasteiger partial charge in [0.05, 0.1) is 61.2 Å². The van der Waals surface area contributed by atoms with Crippen LogP contribution in [0.3, 0.4) is 0 Å². The summed E-state index contributed by atoms with van der Waals surface area (Å²) in [6.07, 6.45) is 0. The third-order valence-corrected chi connectivity index (χ3v) is 11.5. The molecule has 0 amide bonds. The summed E-state index contributed by atoms with van der Waals surface area (Å²) in [6.45, 7) is 0. The number of hydrogen-bond acceptors (Lipinski definition) is 20. The number of nitrogens with two attached hydrogens (primary N) is 1. The number of rotatable bonds is 13. The molecule has 0 aliphatic heterocycles. The highest BCUT2D eigenvalue weighted by atomic mass is 32.2. The van der Waals surface area contributed by atoms with Crippen molar-refractivity contribution in [1.29, 1.82) is 0 Å². The van der Waals surface area contributed by atoms with E-state index < -0.39 is 67.9 Å². The standard InChI is InChI=1S/C30H21N5O16S5/c31-27-26-16(12-25(56(45,46)47)29(27)35-32-22-3-1-2-14-9-18(54(39,40)41)4-6-20(14)22)11-24(53-51-49-38)28(30(26)36)34-33-23-13-17(52-50-48-37)8-15-10-19(55(42,43)44)5-7-21(15)23/h1-13,36-38H,31H2,(H,39,40,41)(H,42,43,44)(H,45,46,47)/b34-33+,35-32+. The Balaban J connectivity index is 1.54. The molecular formula is C30H21N5O16S5. The second-order valence-electron chi connectivity index (χ2n) is 11.1. The summed E-state index contributed by atoms with van der Waals surface area (Å²) in [5.74, 6) is -0.769. The van der Waals surface area contributed by atoms with Gasteiger partial charge >= 0.3 is 0 Å². The van der Waals surface area contributed by atoms with Gasteiger partial charge in [0.1, 0.15) is 16.3 Å². The van der Waals surface area contributed by atoms with Gasteiger partial charge in [-0.25, -0.2) is 10.5 Å². The molecule has 6 rings (SSSR count). The molecule has 0 aliphatic carbocycles. The Labute approximate surface area is 322 Å². The fourth-order valence-electron chi connectivity index (χ4n) is 5.37. The number of nitrogen functional groups attached to an aromatic ring is 1. The first-order chi connectivity index (χ1) is 26.4. The highest BCUT2D eigenvalue weighted by molar-refractivity contribution is 7.95. The topological polar surface area (TPSA) is 336 Å². The number of azo groups is 2. The van der Waals surface area contributed by atoms with Gasteiger partial charge in [-0.3, -0.25) is 13.7 Å². The Morgan fingerprint density at radius 1 is 0.589 bits per heavy atom. The fourth-order valence-corrected chi connectivity index (χ4v) is 8.01. The molecule has 0 spiro atoms. The first-order valence-electron chi connectivity index (χ1n) is 14.7. The molecule has 6 aromatic rings. The zero-order valence-corrected chi connectivity index (χ0v) is 31.3. The molecule has 6 aromatic carbocycles. The maximum Gasteiger partial charge on any atom is 0.296 e. The SMILES string of the molecule is Nc1c(/N=N/c2cccc3cc(S(=O)(=O)O)ccc23)c(S(=O)(=O)O)cc2cc(SOOO)c(/N=N/c3cc(SOOO)cc4cc(S(=O)(=O)O)ccc34)c(O)c12. The molecule has 0 aromatic heterocycles. The molecule has 0 saturated heterocycles. The third-order valence-electron chi connectivity index (χ3n) is 7.72. The first kappa shape index (κ1) is 40.7. The van der Waals surface area contributed by atoms with Gasteiger partial charge in [0.15, 0.2) is 5.75 Å². The van der Waals surface area contributed by atoms with Gasteiger partial charge in [-0.15, -0.1) is 29.1 Å². The summed E-state index contributed by atoms with van der Waals surface area (Å²) in [5, 5.41) is 53.4. The summed E-state index contributed by atoms with van der Waals surface area (Å²) < 4.78 is 110. The number of anilines is 1. The van der Waals surface area contributed by atoms with Crippen molar-refractivity contribution < 1.29 is 73.3 Å². The third kappa shape index (κ3) is 8.57. The van der Waals surface area contributed by atoms with E-state index in [0.29, 0.717) is 22.8 Å². The number of benzene rings is 6. The van der Waals surface area contributed by atoms with Crippen LogP contribution in [0.4, 0.5) is 28.4 Å². The second-order valence-corrected chi connectivity index (χ2v) is 16.8. The van der Waals surface area contributed by atoms with Crippen molar-refractivity contribution >= 4 is 115 Å². The Morgan fingerprint density at radius 3 is 1.80 bits per heavy atom. The quantitative estimate of drug-likeness (QED) is 0.0145. The van der Waals surface area contributed by atoms with E-state index in [1.807, 2.05) is 0 Å². The highest BCUT2D eigenvalue weighted by Gasteiger charge is 2.26. The Morgan fingerprint density at radius 2 is 1.18 bits per heavy atom. The van der Waals surface area contributed by atoms with Crippen molar-refractivity contribution in [3.63, 3.8) is 0 Å². The van der Waals surface area contributed by atoms with Gasteiger partial charge in [0.25, 0.3) is 30.4 Å². The molecule has 292 valence electrons. The minimum Gasteiger partial charge on any atom is -0.505 e. The molecule has 0 radical (unpaired) electrons. The zero-order chi connectivity index (χ0) is 40.6. The molecule has 0 bridgehead atoms. The molecule has 0 fully saturated rings. The molecule has 0 unspecified atom stereocenters. The van der Waals surface area contributed by atoms with Gasteiger partial charge < -0.3 is 10.8 Å². The van der Waals surface area contributed by atoms with Gasteiger partial charge in [-0.1, -0.05) is 34.3 Å². The molecule has 0 saturated carbocycles. The lowest BCUT2D eigenvalue weighted by Gasteiger charge is -2.14. The smallest absolute Gasteiger partial charge is 0.296 e. The average molecular weight is 868 g/mol. The number of phenolic OH excluding ortho intramolecular Hbond substituents is 1. The molecule has 0 heterocycles. The minimum atomic E-state index is -5.10. The predicted octanol–water partition coefficient (Wildman–Crippen LogP) is 7.86. The Bertz CT molecular complexity index is 2970. The van der Waals surface area contributed by atoms with Crippen LogP contribution in [-0.4, -0.2) is 54.5 Å². The van der Waals surface area contributed by atoms with Crippen LogP contribution >= 0.6 is 24.1 Å². The van der Waals surface area contributed by atoms with Crippen LogP contribution in [0.2, 0.25) is 0 Å². The van der Waals surface area contributed by atoms with Crippen LogP contribution in [0.5, 0.6) is 5.75 Å². The zero-order valence-electron chi connectivity index (χ0n) is 27.2. The van der Waals surface area contributed by atoms with Crippen LogP contribution in [0.15, 0.2) is 124 Å². The summed E-state index contributed by atoms with van der Waals surface area (Å²) in [7, 11) is -14.3. The van der Waals surface area contributed by atoms with Crippen molar-refractivity contribution in [3.05, 3.63) is 78.9 Å². The Kier molecular flexibility index (Phi) is 11.6. The van der Waals surface area contributed by atoms with Crippen molar-refractivity contribution in [1.82, 2.24) is 0 Å². The van der Waals surface area contributed by atoms with Crippen LogP contribution in [-0.2, 0) is 49.1 Å². The number of hydrogen-bond donors (Lipinski definition) is 7. The first-order valence-corrected chi connectivity index (χ1v) is 20.5. The minimum absolute atomic E-state index is 0.00817. The summed E-state index contributed by atoms with van der Waals surface area (Å²) in [5.41, 5.74) is 4.86. The van der Waals surface area contributed by atoms with E-state index in [0.717, 1.165) is 24.3 Å². The van der Waals surface area contributed by atoms with Gasteiger partial charge in [0, 0.05) is 15.7 Å². The van der Waals surface area contributed by atoms with Crippen LogP contribution in [0.1, 0.15) is 0 Å². The number of nitrogens with zero attached hydrogens (tertiary/aromatic N) is 4. The lowest BCUT2D eigenvalue weighted by atomic mass is 10.0. The van der Waals surface area contributed by atoms with Gasteiger partial charge in [-0.2, -0.15) is 25.3 Å². The summed E-state index contributed by atoms with van der Waals surface area (Å²) in [4.78, 5) is -1.74. The molecule has 0 atom stereocenters. The lowest BCUT2D eigenvalue weighted by Crippen LogP contribution is -2.02. The number of phenols is 1. The largest absolute Gasteiger partial charge is 0.505 e. The molecule has 21 nitrogen and oxygen atoms in total. The van der Waals surface area contributed by atoms with Crippen molar-refractivity contribution in [2.24, 2.45) is 20.5 Å². The van der Waals surface area contributed by atoms with E-state index in [4.69, 9.17) is 16.2 Å². The summed E-state index contributed by atoms with van der Waals surface area (Å²) in [6, 6.07) is 16.3. The normalized spacial score (nSPS) is 12.9. The lowest BCUT2D eigenvalue weighted by molar-refractivity contribution is -0.432. The molecule has 0 aliphatic rings. The maximum absolute atomic E-state index is 12.6. The Hall–Kier alpha value is -4.91. The maximum atomic E-state index is 12.6. The van der Waals surface area contributed by atoms with Crippen molar-refractivity contribution in [2.45, 2.75) is 24.5 Å². The monoisotopic (exact) mass is 867 g/mol. The second kappa shape index (κ2) is 15.9. The summed E-state index contributed by atoms with van der Waals surface area (Å²) >= 11 is 0.744. The van der Waals surface area contributed by atoms with Crippen molar-refractivity contribution in [3.8, 4) is 5.75 Å². The average Bonchev–Trinajstić information content (AvgIpc) is 3.13. The highest BCUT2D eigenvalue weighted by Crippen LogP contribution is 2.50. The number of aromatic hydroxyl groups is 1. The van der Waals surface area contributed by atoms with Crippen LogP contribution in [0, 0.1) is 0 Å². The molecular weight excluding hydrogens is 847 g/mol. The van der Waals surface area contributed by atoms with E-state index in [1.165, 1.54) is 54.6 Å². The van der Waals surface area contributed by atoms with E-state index in [1.54, 1.807) is 0 Å². The fraction of sp³-hybridized carbons (Fsp3) is 0. The number of fused-ring (bicyclic) bond motifs is 3. The van der Waals surface area contributed by atoms with Crippen molar-refractivity contribution in [2.75, 3.05) is 5.73 Å². The predicted molar refractivity (Wildman–Crippen MR) is 197 cm³/mol. The molecule has 26 heteroatoms. The van der Waals surface area contributed by atoms with E-state index in [2.05, 4.69) is 39.2 Å². The van der Waals surface area contributed by atoms with E-state index in [9.17, 15) is 44.0 Å². The van der Waals surface area contributed by atoms with E-state index in [-0.39, 0.29) is 54.8 Å².